The Hall–Kier alpha value is -1.41. The Labute approximate surface area is 234 Å². The number of anilines is 1. The van der Waals surface area contributed by atoms with E-state index in [1.54, 1.807) is 23.9 Å². The van der Waals surface area contributed by atoms with Crippen molar-refractivity contribution in [2.24, 2.45) is 17.8 Å². The predicted octanol–water partition coefficient (Wildman–Crippen LogP) is 6.28. The molecule has 4 aliphatic carbocycles. The van der Waals surface area contributed by atoms with Crippen molar-refractivity contribution in [2.45, 2.75) is 49.7 Å². The van der Waals surface area contributed by atoms with Crippen molar-refractivity contribution in [1.29, 1.82) is 0 Å². The molecule has 1 N–H and O–H groups in total. The first-order valence-corrected chi connectivity index (χ1v) is 16.7. The lowest BCUT2D eigenvalue weighted by molar-refractivity contribution is -0.119. The molecule has 0 atom stereocenters. The van der Waals surface area contributed by atoms with Crippen LogP contribution in [0, 0.1) is 17.8 Å². The summed E-state index contributed by atoms with van der Waals surface area (Å²) in [7, 11) is -3.61. The molecule has 2 aromatic rings. The number of hydrogen-bond donors (Lipinski definition) is 1. The van der Waals surface area contributed by atoms with E-state index in [9.17, 15) is 13.2 Å². The molecule has 4 bridgehead atoms. The first kappa shape index (κ1) is 27.2. The Morgan fingerprint density at radius 1 is 1.00 bits per heavy atom. The molecule has 0 spiro atoms. The van der Waals surface area contributed by atoms with E-state index in [0.29, 0.717) is 33.8 Å². The molecular formula is C28H34Cl2N2O3S2. The lowest BCUT2D eigenvalue weighted by Crippen LogP contribution is -2.48. The summed E-state index contributed by atoms with van der Waals surface area (Å²) in [6.07, 6.45) is 9.10. The molecule has 0 aromatic heterocycles. The van der Waals surface area contributed by atoms with Crippen molar-refractivity contribution in [1.82, 2.24) is 5.32 Å². The predicted molar refractivity (Wildman–Crippen MR) is 154 cm³/mol. The molecule has 0 saturated heterocycles. The highest BCUT2D eigenvalue weighted by Crippen LogP contribution is 2.60. The highest BCUT2D eigenvalue weighted by atomic mass is 35.5. The number of hydrogen-bond acceptors (Lipinski definition) is 4. The summed E-state index contributed by atoms with van der Waals surface area (Å²) in [5.41, 5.74) is 3.01. The Bertz CT molecular complexity index is 1200. The summed E-state index contributed by atoms with van der Waals surface area (Å²) < 4.78 is 26.4. The first-order valence-electron chi connectivity index (χ1n) is 13.0. The molecule has 6 rings (SSSR count). The Morgan fingerprint density at radius 3 is 2.11 bits per heavy atom. The SMILES string of the molecule is CS(=O)(=O)N(CC(=O)NCCSCc1c(Cl)cccc1Cl)c1ccc(C23CC4CC(CC(C4)C2)C3)cc1. The summed E-state index contributed by atoms with van der Waals surface area (Å²) in [5.74, 6) is 3.52. The van der Waals surface area contributed by atoms with E-state index >= 15 is 0 Å². The number of nitrogens with one attached hydrogen (secondary N) is 1. The molecule has 4 fully saturated rings. The highest BCUT2D eigenvalue weighted by molar-refractivity contribution is 7.98. The van der Waals surface area contributed by atoms with Gasteiger partial charge in [-0.25, -0.2) is 8.42 Å². The second kappa shape index (κ2) is 11.0. The van der Waals surface area contributed by atoms with Crippen LogP contribution in [0.25, 0.3) is 0 Å². The van der Waals surface area contributed by atoms with Crippen molar-refractivity contribution in [3.63, 3.8) is 0 Å². The maximum Gasteiger partial charge on any atom is 0.240 e. The van der Waals surface area contributed by atoms with Crippen LogP contribution in [-0.2, 0) is 26.0 Å². The third-order valence-corrected chi connectivity index (χ3v) is 11.2. The van der Waals surface area contributed by atoms with Crippen molar-refractivity contribution in [3.8, 4) is 0 Å². The summed E-state index contributed by atoms with van der Waals surface area (Å²) >= 11 is 14.0. The summed E-state index contributed by atoms with van der Waals surface area (Å²) in [6.45, 7) is 0.185. The smallest absolute Gasteiger partial charge is 0.240 e. The van der Waals surface area contributed by atoms with Gasteiger partial charge in [0.05, 0.1) is 11.9 Å². The standard InChI is InChI=1S/C28H34Cl2N2O3S2/c1-37(34,35)32(17-27(33)31-9-10-36-18-24-25(29)3-2-4-26(24)30)23-7-5-22(6-8-23)28-14-19-11-20(15-28)13-21(12-19)16-28/h2-8,19-21H,9-18H2,1H3,(H,31,33). The minimum atomic E-state index is -3.61. The van der Waals surface area contributed by atoms with E-state index in [2.05, 4.69) is 17.4 Å². The zero-order chi connectivity index (χ0) is 26.2. The van der Waals surface area contributed by atoms with Gasteiger partial charge in [-0.1, -0.05) is 41.4 Å². The van der Waals surface area contributed by atoms with Gasteiger partial charge in [0.2, 0.25) is 15.9 Å². The third-order valence-electron chi connectivity index (χ3n) is 8.37. The van der Waals surface area contributed by atoms with E-state index < -0.39 is 10.0 Å². The lowest BCUT2D eigenvalue weighted by atomic mass is 9.48. The van der Waals surface area contributed by atoms with E-state index in [4.69, 9.17) is 23.2 Å². The third kappa shape index (κ3) is 6.10. The fraction of sp³-hybridized carbons (Fsp3) is 0.536. The molecule has 0 heterocycles. The zero-order valence-electron chi connectivity index (χ0n) is 21.1. The molecule has 1 amide bonds. The summed E-state index contributed by atoms with van der Waals surface area (Å²) in [4.78, 5) is 12.6. The van der Waals surface area contributed by atoms with Gasteiger partial charge in [0.15, 0.2) is 0 Å². The maximum absolute atomic E-state index is 12.6. The molecule has 37 heavy (non-hydrogen) atoms. The van der Waals surface area contributed by atoms with Gasteiger partial charge < -0.3 is 5.32 Å². The molecule has 2 aromatic carbocycles. The maximum atomic E-state index is 12.6. The molecule has 0 radical (unpaired) electrons. The number of benzene rings is 2. The second-order valence-corrected chi connectivity index (χ2v) is 14.9. The number of carbonyl (C=O) groups is 1. The van der Waals surface area contributed by atoms with Gasteiger partial charge in [0, 0.05) is 28.1 Å². The molecular weight excluding hydrogens is 547 g/mol. The van der Waals surface area contributed by atoms with Gasteiger partial charge in [0.25, 0.3) is 0 Å². The van der Waals surface area contributed by atoms with Crippen LogP contribution in [0.4, 0.5) is 5.69 Å². The zero-order valence-corrected chi connectivity index (χ0v) is 24.2. The van der Waals surface area contributed by atoms with Crippen LogP contribution in [0.2, 0.25) is 10.0 Å². The number of sulfonamides is 1. The van der Waals surface area contributed by atoms with Crippen LogP contribution < -0.4 is 9.62 Å². The number of halogens is 2. The van der Waals surface area contributed by atoms with Gasteiger partial charge in [-0.05, 0) is 97.1 Å². The summed E-state index contributed by atoms with van der Waals surface area (Å²) in [6, 6.07) is 13.4. The minimum Gasteiger partial charge on any atom is -0.354 e. The average Bonchev–Trinajstić information content (AvgIpc) is 2.82. The van der Waals surface area contributed by atoms with Gasteiger partial charge in [-0.15, -0.1) is 0 Å². The van der Waals surface area contributed by atoms with Crippen LogP contribution >= 0.6 is 35.0 Å². The van der Waals surface area contributed by atoms with Crippen LogP contribution in [0.5, 0.6) is 0 Å². The van der Waals surface area contributed by atoms with E-state index in [-0.39, 0.29) is 17.9 Å². The molecule has 0 unspecified atom stereocenters. The first-order chi connectivity index (χ1) is 17.6. The second-order valence-electron chi connectivity index (χ2n) is 11.1. The summed E-state index contributed by atoms with van der Waals surface area (Å²) in [5, 5.41) is 4.09. The van der Waals surface area contributed by atoms with Gasteiger partial charge >= 0.3 is 0 Å². The largest absolute Gasteiger partial charge is 0.354 e. The topological polar surface area (TPSA) is 66.5 Å². The van der Waals surface area contributed by atoms with E-state index in [1.165, 1.54) is 48.4 Å². The molecule has 5 nitrogen and oxygen atoms in total. The normalized spacial score (nSPS) is 26.3. The fourth-order valence-corrected chi connectivity index (χ4v) is 9.59. The highest BCUT2D eigenvalue weighted by Gasteiger charge is 2.51. The Morgan fingerprint density at radius 2 is 1.57 bits per heavy atom. The molecule has 9 heteroatoms. The Kier molecular flexibility index (Phi) is 8.07. The van der Waals surface area contributed by atoms with Crippen LogP contribution in [0.3, 0.4) is 0 Å². The van der Waals surface area contributed by atoms with E-state index in [1.807, 2.05) is 18.2 Å². The fourth-order valence-electron chi connectivity index (χ4n) is 7.14. The van der Waals surface area contributed by atoms with Crippen LogP contribution in [-0.4, -0.2) is 39.4 Å². The van der Waals surface area contributed by atoms with Gasteiger partial charge in [-0.3, -0.25) is 9.10 Å². The van der Waals surface area contributed by atoms with Crippen LogP contribution in [0.1, 0.15) is 49.7 Å². The molecule has 200 valence electrons. The van der Waals surface area contributed by atoms with Gasteiger partial charge in [0.1, 0.15) is 6.54 Å². The quantitative estimate of drug-likeness (QED) is 0.336. The number of rotatable bonds is 10. The van der Waals surface area contributed by atoms with E-state index in [0.717, 1.165) is 29.6 Å². The molecule has 4 saturated carbocycles. The molecule has 4 aliphatic rings. The average molecular weight is 582 g/mol. The van der Waals surface area contributed by atoms with Gasteiger partial charge in [-0.2, -0.15) is 11.8 Å². The number of amides is 1. The van der Waals surface area contributed by atoms with Crippen molar-refractivity contribution < 1.29 is 13.2 Å². The Balaban J connectivity index is 1.17. The monoisotopic (exact) mass is 580 g/mol. The minimum absolute atomic E-state index is 0.240. The van der Waals surface area contributed by atoms with Crippen LogP contribution in [0.15, 0.2) is 42.5 Å². The lowest BCUT2D eigenvalue weighted by Gasteiger charge is -2.57. The number of carbonyl (C=O) groups excluding carboxylic acids is 1. The van der Waals surface area contributed by atoms with Crippen molar-refractivity contribution in [2.75, 3.05) is 29.4 Å². The number of thioether (sulfide) groups is 1. The molecule has 0 aliphatic heterocycles. The van der Waals surface area contributed by atoms with Crippen molar-refractivity contribution in [3.05, 3.63) is 63.6 Å². The number of nitrogens with zero attached hydrogens (tertiary/aromatic N) is 1. The van der Waals surface area contributed by atoms with Crippen molar-refractivity contribution >= 4 is 56.6 Å².